The zero-order valence-corrected chi connectivity index (χ0v) is 23.0. The van der Waals surface area contributed by atoms with Gasteiger partial charge in [0.15, 0.2) is 5.82 Å². The molecule has 0 aliphatic carbocycles. The third-order valence-corrected chi connectivity index (χ3v) is 7.77. The summed E-state index contributed by atoms with van der Waals surface area (Å²) in [5, 5.41) is 13.6. The number of pyridine rings is 1. The van der Waals surface area contributed by atoms with E-state index < -0.39 is 5.97 Å². The van der Waals surface area contributed by atoms with Crippen molar-refractivity contribution < 1.29 is 28.5 Å². The fourth-order valence-corrected chi connectivity index (χ4v) is 5.64. The van der Waals surface area contributed by atoms with Crippen molar-refractivity contribution in [3.63, 3.8) is 0 Å². The molecule has 1 N–H and O–H groups in total. The number of nitrogens with zero attached hydrogens (tertiary/aromatic N) is 4. The van der Waals surface area contributed by atoms with Gasteiger partial charge in [-0.3, -0.25) is 4.90 Å². The molecule has 2 aromatic heterocycles. The maximum Gasteiger partial charge on any atom is 0.342 e. The van der Waals surface area contributed by atoms with Gasteiger partial charge in [-0.2, -0.15) is 9.78 Å². The summed E-state index contributed by atoms with van der Waals surface area (Å²) in [5.74, 6) is -0.219. The molecule has 1 atom stereocenters. The molecule has 1 fully saturated rings. The average molecular weight is 559 g/mol. The number of carboxylic acids is 1. The first-order chi connectivity index (χ1) is 19.9. The second-order valence-corrected chi connectivity index (χ2v) is 10.4. The molecule has 41 heavy (non-hydrogen) atoms. The normalized spacial score (nSPS) is 16.9. The minimum absolute atomic E-state index is 0.0585. The molecule has 0 amide bonds. The number of rotatable bonds is 8. The number of benzene rings is 2. The third kappa shape index (κ3) is 5.28. The van der Waals surface area contributed by atoms with E-state index in [1.54, 1.807) is 12.1 Å². The Balaban J connectivity index is 1.25. The Morgan fingerprint density at radius 2 is 2.07 bits per heavy atom. The molecule has 6 rings (SSSR count). The Morgan fingerprint density at radius 3 is 2.85 bits per heavy atom. The van der Waals surface area contributed by atoms with Crippen molar-refractivity contribution >= 4 is 5.97 Å². The van der Waals surface area contributed by atoms with Gasteiger partial charge >= 0.3 is 5.97 Å². The summed E-state index contributed by atoms with van der Waals surface area (Å²) in [5.41, 5.74) is 4.80. The van der Waals surface area contributed by atoms with Gasteiger partial charge in [0.1, 0.15) is 23.7 Å². The van der Waals surface area contributed by atoms with E-state index >= 15 is 4.39 Å². The lowest BCUT2D eigenvalue weighted by Gasteiger charge is -2.33. The lowest BCUT2D eigenvalue weighted by molar-refractivity contribution is 0.0693. The Kier molecular flexibility index (Phi) is 7.42. The minimum Gasteiger partial charge on any atom is -0.488 e. The summed E-state index contributed by atoms with van der Waals surface area (Å²) >= 11 is 0. The van der Waals surface area contributed by atoms with E-state index in [9.17, 15) is 9.90 Å². The molecular formula is C31H31FN4O5. The molecule has 1 saturated heterocycles. The summed E-state index contributed by atoms with van der Waals surface area (Å²) < 4.78 is 33.8. The second kappa shape index (κ2) is 11.3. The van der Waals surface area contributed by atoms with Crippen LogP contribution in [0.1, 0.15) is 39.0 Å². The van der Waals surface area contributed by atoms with E-state index in [2.05, 4.69) is 16.1 Å². The number of ether oxygens (including phenoxy) is 3. The van der Waals surface area contributed by atoms with Gasteiger partial charge in [0, 0.05) is 36.9 Å². The number of para-hydroxylation sites is 1. The smallest absolute Gasteiger partial charge is 0.342 e. The second-order valence-electron chi connectivity index (χ2n) is 10.4. The number of aromatic nitrogens is 3. The molecule has 0 saturated carbocycles. The summed E-state index contributed by atoms with van der Waals surface area (Å²) in [6.45, 7) is 5.15. The van der Waals surface area contributed by atoms with E-state index in [1.165, 1.54) is 18.0 Å². The molecule has 0 radical (unpaired) electrons. The lowest BCUT2D eigenvalue weighted by Crippen LogP contribution is -2.40. The molecule has 10 heteroatoms. The fraction of sp³-hybridized carbons (Fsp3) is 0.323. The first kappa shape index (κ1) is 26.9. The number of hydrogen-bond acceptors (Lipinski definition) is 7. The SMILES string of the molecule is COc1c(C(=O)O)cnn1-c1cccc(-c2cccc(C)c2OCc2cc(F)c3c(c2)CCN(C2CCOC2)C3)n1. The number of carboxylic acid groups (broad SMARTS) is 1. The Hall–Kier alpha value is -4.28. The number of fused-ring (bicyclic) bond motifs is 1. The first-order valence-electron chi connectivity index (χ1n) is 13.6. The number of methoxy groups -OCH3 is 1. The van der Waals surface area contributed by atoms with Gasteiger partial charge in [-0.1, -0.05) is 24.3 Å². The highest BCUT2D eigenvalue weighted by Crippen LogP contribution is 2.34. The van der Waals surface area contributed by atoms with Crippen molar-refractivity contribution in [3.8, 4) is 28.7 Å². The number of halogens is 1. The topological polar surface area (TPSA) is 98.9 Å². The maximum absolute atomic E-state index is 15.3. The molecular weight excluding hydrogens is 527 g/mol. The van der Waals surface area contributed by atoms with Gasteiger partial charge in [-0.25, -0.2) is 14.2 Å². The Bertz CT molecular complexity index is 1600. The summed E-state index contributed by atoms with van der Waals surface area (Å²) in [6, 6.07) is 15.2. The summed E-state index contributed by atoms with van der Waals surface area (Å²) in [4.78, 5) is 18.6. The molecule has 4 heterocycles. The largest absolute Gasteiger partial charge is 0.488 e. The van der Waals surface area contributed by atoms with Crippen LogP contribution in [0.4, 0.5) is 4.39 Å². The van der Waals surface area contributed by atoms with Crippen molar-refractivity contribution in [1.82, 2.24) is 19.7 Å². The van der Waals surface area contributed by atoms with E-state index in [1.807, 2.05) is 37.3 Å². The van der Waals surface area contributed by atoms with Gasteiger partial charge in [0.25, 0.3) is 0 Å². The van der Waals surface area contributed by atoms with Crippen LogP contribution < -0.4 is 9.47 Å². The van der Waals surface area contributed by atoms with Crippen LogP contribution in [0.25, 0.3) is 17.1 Å². The predicted molar refractivity (Wildman–Crippen MR) is 149 cm³/mol. The third-order valence-electron chi connectivity index (χ3n) is 7.77. The molecule has 212 valence electrons. The van der Waals surface area contributed by atoms with E-state index in [-0.39, 0.29) is 23.9 Å². The van der Waals surface area contributed by atoms with E-state index in [4.69, 9.17) is 19.2 Å². The zero-order valence-electron chi connectivity index (χ0n) is 23.0. The van der Waals surface area contributed by atoms with Crippen molar-refractivity contribution in [2.75, 3.05) is 26.9 Å². The Labute approximate surface area is 237 Å². The standard InChI is InChI=1S/C31H31FN4O5/c1-19-5-3-6-23(27-7-4-8-28(34-27)36-30(39-2)24(15-33-36)31(37)38)29(19)41-17-20-13-21-9-11-35(22-10-12-40-18-22)16-25(21)26(32)14-20/h3-8,13-15,22H,9-12,16-18H2,1-2H3,(H,37,38). The molecule has 0 spiro atoms. The van der Waals surface area contributed by atoms with Crippen LogP contribution in [0.3, 0.4) is 0 Å². The number of aryl methyl sites for hydroxylation is 1. The van der Waals surface area contributed by atoms with Gasteiger partial charge in [-0.05, 0) is 60.7 Å². The van der Waals surface area contributed by atoms with Crippen LogP contribution in [-0.4, -0.2) is 63.7 Å². The van der Waals surface area contributed by atoms with E-state index in [0.29, 0.717) is 29.8 Å². The quantitative estimate of drug-likeness (QED) is 0.329. The van der Waals surface area contributed by atoms with Crippen LogP contribution in [-0.2, 0) is 24.3 Å². The van der Waals surface area contributed by atoms with Crippen LogP contribution in [0.2, 0.25) is 0 Å². The monoisotopic (exact) mass is 558 g/mol. The van der Waals surface area contributed by atoms with Gasteiger partial charge in [0.05, 0.1) is 25.6 Å². The number of aromatic carboxylic acids is 1. The highest BCUT2D eigenvalue weighted by Gasteiger charge is 2.28. The van der Waals surface area contributed by atoms with E-state index in [0.717, 1.165) is 60.4 Å². The molecule has 9 nitrogen and oxygen atoms in total. The molecule has 2 aliphatic heterocycles. The molecule has 0 bridgehead atoms. The predicted octanol–water partition coefficient (Wildman–Crippen LogP) is 4.81. The van der Waals surface area contributed by atoms with Crippen molar-refractivity contribution in [3.05, 3.63) is 88.4 Å². The minimum atomic E-state index is -1.14. The zero-order chi connectivity index (χ0) is 28.5. The van der Waals surface area contributed by atoms with Crippen LogP contribution in [0.5, 0.6) is 11.6 Å². The summed E-state index contributed by atoms with van der Waals surface area (Å²) in [7, 11) is 1.39. The number of hydrogen-bond donors (Lipinski definition) is 1. The van der Waals surface area contributed by atoms with Crippen LogP contribution >= 0.6 is 0 Å². The first-order valence-corrected chi connectivity index (χ1v) is 13.6. The fourth-order valence-electron chi connectivity index (χ4n) is 5.64. The summed E-state index contributed by atoms with van der Waals surface area (Å²) in [6.07, 6.45) is 3.02. The molecule has 2 aliphatic rings. The van der Waals surface area contributed by atoms with Crippen molar-refractivity contribution in [2.24, 2.45) is 0 Å². The van der Waals surface area contributed by atoms with Gasteiger partial charge < -0.3 is 19.3 Å². The van der Waals surface area contributed by atoms with Crippen molar-refractivity contribution in [2.45, 2.75) is 39.0 Å². The van der Waals surface area contributed by atoms with Gasteiger partial charge in [0.2, 0.25) is 5.88 Å². The molecule has 2 aromatic carbocycles. The van der Waals surface area contributed by atoms with Crippen LogP contribution in [0, 0.1) is 12.7 Å². The highest BCUT2D eigenvalue weighted by molar-refractivity contribution is 5.90. The highest BCUT2D eigenvalue weighted by atomic mass is 19.1. The van der Waals surface area contributed by atoms with Crippen LogP contribution in [0.15, 0.2) is 54.7 Å². The molecule has 1 unspecified atom stereocenters. The maximum atomic E-state index is 15.3. The Morgan fingerprint density at radius 1 is 1.22 bits per heavy atom. The lowest BCUT2D eigenvalue weighted by atomic mass is 9.95. The van der Waals surface area contributed by atoms with Crippen molar-refractivity contribution in [1.29, 1.82) is 0 Å². The van der Waals surface area contributed by atoms with Gasteiger partial charge in [-0.15, -0.1) is 0 Å². The number of carbonyl (C=O) groups is 1. The average Bonchev–Trinajstić information content (AvgIpc) is 3.67. The molecule has 4 aromatic rings.